The molecule has 0 saturated heterocycles. The van der Waals surface area contributed by atoms with Crippen LogP contribution in [0.4, 0.5) is 5.69 Å². The third-order valence-electron chi connectivity index (χ3n) is 6.95. The first-order valence-electron chi connectivity index (χ1n) is 13.6. The first kappa shape index (κ1) is 34.4. The minimum absolute atomic E-state index is 0.175. The van der Waals surface area contributed by atoms with Gasteiger partial charge in [0, 0.05) is 0 Å². The summed E-state index contributed by atoms with van der Waals surface area (Å²) in [4.78, 5) is 28.8. The molecule has 0 aliphatic rings. The number of nitro groups is 1. The SMILES string of the molecule is CCC[CH2][Sn]([CH2]CCC)([CH2]CCC)[c]1ccc(C(=O)OC)cc1.[CH3][Sn]([CH3])([CH3])[c]1ccc(Br)c([N+](=O)[O-])c1. The van der Waals surface area contributed by atoms with Gasteiger partial charge in [0.05, 0.1) is 0 Å². The number of benzene rings is 2. The van der Waals surface area contributed by atoms with Gasteiger partial charge in [-0.1, -0.05) is 0 Å². The van der Waals surface area contributed by atoms with Crippen molar-refractivity contribution in [3.8, 4) is 0 Å². The molecule has 0 heterocycles. The molecule has 0 radical (unpaired) electrons. The number of carbonyl (C=O) groups excluding carboxylic acids is 1. The number of esters is 1. The molecule has 206 valence electrons. The van der Waals surface area contributed by atoms with Crippen molar-refractivity contribution in [1.82, 2.24) is 0 Å². The van der Waals surface area contributed by atoms with Crippen molar-refractivity contribution in [2.24, 2.45) is 0 Å². The maximum absolute atomic E-state index is 11.7. The predicted octanol–water partition coefficient (Wildman–Crippen LogP) is 8.43. The molecule has 0 amide bonds. The van der Waals surface area contributed by atoms with E-state index in [-0.39, 0.29) is 16.6 Å². The van der Waals surface area contributed by atoms with Gasteiger partial charge in [-0.05, 0) is 0 Å². The number of ether oxygens (including phenoxy) is 1. The van der Waals surface area contributed by atoms with Gasteiger partial charge in [-0.25, -0.2) is 0 Å². The molecule has 0 bridgehead atoms. The zero-order valence-corrected chi connectivity index (χ0v) is 31.2. The molecule has 5 nitrogen and oxygen atoms in total. The summed E-state index contributed by atoms with van der Waals surface area (Å²) in [6.07, 6.45) is 7.96. The molecule has 0 aliphatic heterocycles. The Hall–Kier alpha value is -0.613. The molecule has 0 fully saturated rings. The fourth-order valence-electron chi connectivity index (χ4n) is 4.55. The van der Waals surface area contributed by atoms with Gasteiger partial charge in [0.25, 0.3) is 0 Å². The van der Waals surface area contributed by atoms with E-state index in [1.54, 1.807) is 15.7 Å². The van der Waals surface area contributed by atoms with E-state index < -0.39 is 36.8 Å². The van der Waals surface area contributed by atoms with Gasteiger partial charge in [-0.3, -0.25) is 0 Å². The Morgan fingerprint density at radius 2 is 1.32 bits per heavy atom. The standard InChI is InChI=1S/C8H7O2.C6H3BrNO2.3C4H9.3CH3.2Sn/c1-10-8(9)7-5-3-2-4-6-7;7-5-3-1-2-4-6(5)8(9)10;3*1-3-4-2;;;;;/h3-6H,1H3;1,3-4H;3*1,3-4H2,2H3;3*1H3;;. The van der Waals surface area contributed by atoms with E-state index in [1.807, 2.05) is 18.2 Å². The summed E-state index contributed by atoms with van der Waals surface area (Å²) in [5, 5.41) is 10.7. The Morgan fingerprint density at radius 3 is 1.70 bits per heavy atom. The second kappa shape index (κ2) is 17.2. The molecule has 0 N–H and O–H groups in total. The minimum atomic E-state index is -2.34. The van der Waals surface area contributed by atoms with Gasteiger partial charge in [-0.15, -0.1) is 0 Å². The van der Waals surface area contributed by atoms with E-state index in [0.29, 0.717) is 10.0 Å². The van der Waals surface area contributed by atoms with Crippen LogP contribution in [0, 0.1) is 10.1 Å². The number of halogens is 1. The Labute approximate surface area is 241 Å². The summed E-state index contributed by atoms with van der Waals surface area (Å²) in [7, 11) is 1.45. The fraction of sp³-hybridized carbons (Fsp3) is 0.552. The van der Waals surface area contributed by atoms with Gasteiger partial charge in [0.2, 0.25) is 0 Å². The van der Waals surface area contributed by atoms with Crippen LogP contribution in [0.5, 0.6) is 0 Å². The van der Waals surface area contributed by atoms with E-state index in [0.717, 1.165) is 0 Å². The quantitative estimate of drug-likeness (QED) is 0.0885. The molecule has 0 aliphatic carbocycles. The van der Waals surface area contributed by atoms with Gasteiger partial charge in [0.15, 0.2) is 0 Å². The number of hydrogen-bond donors (Lipinski definition) is 0. The van der Waals surface area contributed by atoms with Gasteiger partial charge in [0.1, 0.15) is 0 Å². The second-order valence-electron chi connectivity index (χ2n) is 10.8. The van der Waals surface area contributed by atoms with Crippen LogP contribution < -0.4 is 7.16 Å². The van der Waals surface area contributed by atoms with Gasteiger partial charge in [-0.2, -0.15) is 0 Å². The van der Waals surface area contributed by atoms with Gasteiger partial charge >= 0.3 is 243 Å². The molecule has 8 heteroatoms. The zero-order chi connectivity index (χ0) is 28.1. The van der Waals surface area contributed by atoms with Crippen LogP contribution >= 0.6 is 15.9 Å². The van der Waals surface area contributed by atoms with Gasteiger partial charge < -0.3 is 0 Å². The molecule has 0 spiro atoms. The Morgan fingerprint density at radius 1 is 0.865 bits per heavy atom. The molecule has 2 aromatic rings. The van der Waals surface area contributed by atoms with Crippen molar-refractivity contribution in [1.29, 1.82) is 0 Å². The van der Waals surface area contributed by atoms with Crippen LogP contribution in [0.15, 0.2) is 46.9 Å². The van der Waals surface area contributed by atoms with Crippen LogP contribution in [0.1, 0.15) is 69.7 Å². The maximum atomic E-state index is 11.7. The molecule has 0 unspecified atom stereocenters. The van der Waals surface area contributed by atoms with E-state index in [1.165, 1.54) is 62.5 Å². The van der Waals surface area contributed by atoms with Crippen molar-refractivity contribution in [2.45, 2.75) is 87.4 Å². The molecule has 0 atom stereocenters. The number of nitro benzene ring substituents is 1. The average molecular weight is 790 g/mol. The average Bonchev–Trinajstić information content (AvgIpc) is 2.88. The fourth-order valence-corrected chi connectivity index (χ4v) is 24.2. The molecule has 37 heavy (non-hydrogen) atoms. The number of rotatable bonds is 13. The van der Waals surface area contributed by atoms with E-state index in [9.17, 15) is 14.9 Å². The third kappa shape index (κ3) is 11.2. The molecular formula is C29H46BrNO4Sn2. The topological polar surface area (TPSA) is 69.4 Å². The second-order valence-corrected chi connectivity index (χ2v) is 39.4. The number of unbranched alkanes of at least 4 members (excludes halogenated alkanes) is 3. The zero-order valence-electron chi connectivity index (χ0n) is 23.9. The monoisotopic (exact) mass is 791 g/mol. The van der Waals surface area contributed by atoms with Crippen LogP contribution in [-0.4, -0.2) is 54.8 Å². The van der Waals surface area contributed by atoms with Crippen LogP contribution in [0.3, 0.4) is 0 Å². The molecular weight excluding hydrogens is 744 g/mol. The van der Waals surface area contributed by atoms with Crippen molar-refractivity contribution in [3.63, 3.8) is 0 Å². The summed E-state index contributed by atoms with van der Waals surface area (Å²) in [6.45, 7) is 6.91. The molecule has 0 saturated carbocycles. The number of carbonyl (C=O) groups is 1. The van der Waals surface area contributed by atoms with E-state index in [2.05, 4.69) is 63.7 Å². The van der Waals surface area contributed by atoms with Crippen molar-refractivity contribution in [2.75, 3.05) is 7.11 Å². The Balaban J connectivity index is 0.000000417. The number of nitrogens with zero attached hydrogens (tertiary/aromatic N) is 1. The summed E-state index contributed by atoms with van der Waals surface area (Å²) in [5.41, 5.74) is 0.854. The third-order valence-corrected chi connectivity index (χ3v) is 29.1. The van der Waals surface area contributed by atoms with Crippen molar-refractivity contribution < 1.29 is 14.5 Å². The Kier molecular flexibility index (Phi) is 16.0. The van der Waals surface area contributed by atoms with E-state index >= 15 is 0 Å². The summed E-state index contributed by atoms with van der Waals surface area (Å²) in [5.74, 6) is -0.229. The number of hydrogen-bond acceptors (Lipinski definition) is 4. The predicted molar refractivity (Wildman–Crippen MR) is 166 cm³/mol. The Bertz CT molecular complexity index is 969. The van der Waals surface area contributed by atoms with Crippen LogP contribution in [0.25, 0.3) is 0 Å². The normalized spacial score (nSPS) is 11.5. The van der Waals surface area contributed by atoms with Crippen molar-refractivity contribution in [3.05, 3.63) is 62.6 Å². The summed E-state index contributed by atoms with van der Waals surface area (Å²) >= 11 is -1.33. The molecule has 2 rings (SSSR count). The molecule has 0 aromatic heterocycles. The van der Waals surface area contributed by atoms with Crippen molar-refractivity contribution >= 4 is 71.5 Å². The number of methoxy groups -OCH3 is 1. The summed E-state index contributed by atoms with van der Waals surface area (Å²) < 4.78 is 12.6. The van der Waals surface area contributed by atoms with Crippen LogP contribution in [-0.2, 0) is 4.74 Å². The summed E-state index contributed by atoms with van der Waals surface area (Å²) in [6, 6.07) is 13.9. The van der Waals surface area contributed by atoms with E-state index in [4.69, 9.17) is 4.74 Å². The van der Waals surface area contributed by atoms with Crippen LogP contribution in [0.2, 0.25) is 28.1 Å². The first-order chi connectivity index (χ1) is 17.5. The molecule has 2 aromatic carbocycles. The first-order valence-corrected chi connectivity index (χ1v) is 31.8.